The number of anilines is 3. The number of rotatable bonds is 7. The highest BCUT2D eigenvalue weighted by molar-refractivity contribution is 6.29. The number of nitrogens with one attached hydrogen (secondary N) is 1. The number of aromatic nitrogens is 4. The summed E-state index contributed by atoms with van der Waals surface area (Å²) >= 11 is 5.95. The molecule has 1 N–H and O–H groups in total. The first-order chi connectivity index (χ1) is 19.5. The molecule has 0 saturated carbocycles. The van der Waals surface area contributed by atoms with Crippen molar-refractivity contribution in [1.29, 1.82) is 0 Å². The van der Waals surface area contributed by atoms with Crippen molar-refractivity contribution in [2.45, 2.75) is 31.0 Å². The van der Waals surface area contributed by atoms with Gasteiger partial charge < -0.3 is 24.3 Å². The smallest absolute Gasteiger partial charge is 0.494 e. The molecule has 0 amide bonds. The molecule has 3 heterocycles. The van der Waals surface area contributed by atoms with Crippen LogP contribution in [0.4, 0.5) is 39.4 Å². The lowest BCUT2D eigenvalue weighted by molar-refractivity contribution is -0.274. The van der Waals surface area contributed by atoms with E-state index < -0.39 is 25.4 Å². The number of fused-ring (bicyclic) bond motifs is 1. The summed E-state index contributed by atoms with van der Waals surface area (Å²) in [7, 11) is 1.52. The lowest BCUT2D eigenvalue weighted by Gasteiger charge is -2.40. The van der Waals surface area contributed by atoms with E-state index in [1.165, 1.54) is 24.1 Å². The number of benzene rings is 2. The molecule has 1 aliphatic carbocycles. The van der Waals surface area contributed by atoms with Crippen molar-refractivity contribution < 1.29 is 31.4 Å². The van der Waals surface area contributed by atoms with E-state index in [2.05, 4.69) is 20.0 Å². The zero-order chi connectivity index (χ0) is 28.9. The van der Waals surface area contributed by atoms with Crippen molar-refractivity contribution in [1.82, 2.24) is 19.5 Å². The molecule has 214 valence electrons. The highest BCUT2D eigenvalue weighted by Gasteiger charge is 2.46. The predicted molar refractivity (Wildman–Crippen MR) is 141 cm³/mol. The Balaban J connectivity index is 1.33. The van der Waals surface area contributed by atoms with E-state index >= 15 is 0 Å². The summed E-state index contributed by atoms with van der Waals surface area (Å²) in [5.41, 5.74) is 3.38. The molecule has 0 radical (unpaired) electrons. The van der Waals surface area contributed by atoms with E-state index in [0.29, 0.717) is 46.6 Å². The lowest BCUT2D eigenvalue weighted by Crippen LogP contribution is -2.57. The van der Waals surface area contributed by atoms with E-state index in [4.69, 9.17) is 21.3 Å². The number of nitrogens with zero attached hydrogens (tertiary/aromatic N) is 5. The second-order valence-corrected chi connectivity index (χ2v) is 10.2. The zero-order valence-corrected chi connectivity index (χ0v) is 22.2. The Morgan fingerprint density at radius 2 is 1.83 bits per heavy atom. The topological polar surface area (TPSA) is 77.3 Å². The Morgan fingerprint density at radius 3 is 2.46 bits per heavy atom. The van der Waals surface area contributed by atoms with Crippen molar-refractivity contribution in [2.24, 2.45) is 0 Å². The van der Waals surface area contributed by atoms with E-state index in [1.54, 1.807) is 47.4 Å². The van der Waals surface area contributed by atoms with Gasteiger partial charge in [0.2, 0.25) is 5.95 Å². The van der Waals surface area contributed by atoms with Crippen LogP contribution in [0.3, 0.4) is 0 Å². The number of hydrogen-bond donors (Lipinski definition) is 1. The molecule has 1 saturated heterocycles. The van der Waals surface area contributed by atoms with Crippen LogP contribution in [-0.4, -0.2) is 52.0 Å². The molecule has 1 aliphatic heterocycles. The van der Waals surface area contributed by atoms with Gasteiger partial charge in [0.1, 0.15) is 28.8 Å². The van der Waals surface area contributed by atoms with Gasteiger partial charge in [-0.25, -0.2) is 18.7 Å². The molecule has 8 nitrogen and oxygen atoms in total. The minimum Gasteiger partial charge on any atom is -0.494 e. The SMILES string of the molecule is COc1cc(Nc2nc3c(c(N4CC(F)(F)C4)n2)CCC3c2ccc(OC(F)(F)F)cc2)ccc1-n1cnc(Cl)c1. The minimum absolute atomic E-state index is 0.193. The lowest BCUT2D eigenvalue weighted by atomic mass is 9.96. The van der Waals surface area contributed by atoms with Crippen molar-refractivity contribution in [2.75, 3.05) is 30.4 Å². The molecule has 2 aliphatic rings. The summed E-state index contributed by atoms with van der Waals surface area (Å²) in [6.45, 7) is -0.917. The maximum absolute atomic E-state index is 13.8. The van der Waals surface area contributed by atoms with Crippen molar-refractivity contribution in [3.63, 3.8) is 0 Å². The fourth-order valence-electron chi connectivity index (χ4n) is 5.18. The highest BCUT2D eigenvalue weighted by atomic mass is 35.5. The summed E-state index contributed by atoms with van der Waals surface area (Å²) in [5, 5.41) is 3.47. The van der Waals surface area contributed by atoms with Gasteiger partial charge in [-0.15, -0.1) is 13.2 Å². The Kier molecular flexibility index (Phi) is 6.63. The van der Waals surface area contributed by atoms with E-state index in [0.717, 1.165) is 11.1 Å². The van der Waals surface area contributed by atoms with Gasteiger partial charge in [0.15, 0.2) is 0 Å². The van der Waals surface area contributed by atoms with Gasteiger partial charge in [0, 0.05) is 29.4 Å². The number of methoxy groups -OCH3 is 1. The Hall–Kier alpha value is -4.13. The molecule has 2 aromatic heterocycles. The highest BCUT2D eigenvalue weighted by Crippen LogP contribution is 2.44. The summed E-state index contributed by atoms with van der Waals surface area (Å²) in [5.74, 6) is -2.29. The standard InChI is InChI=1S/C27H22ClF5N6O2/c1-40-21-10-16(4-9-20(21)38-11-22(28)34-14-38)35-25-36-23-18(15-2-5-17(6-3-15)41-27(31,32)33)7-8-19(23)24(37-25)39-12-26(29,30)13-39/h2-6,9-11,14,18H,7-8,12-13H2,1H3,(H,35,36,37). The van der Waals surface area contributed by atoms with Crippen LogP contribution in [0.15, 0.2) is 55.0 Å². The normalized spacial score (nSPS) is 17.6. The van der Waals surface area contributed by atoms with Crippen molar-refractivity contribution >= 4 is 29.1 Å². The molecular formula is C27H22ClF5N6O2. The maximum atomic E-state index is 13.8. The van der Waals surface area contributed by atoms with Crippen molar-refractivity contribution in [3.8, 4) is 17.2 Å². The van der Waals surface area contributed by atoms with Crippen LogP contribution in [0, 0.1) is 0 Å². The van der Waals surface area contributed by atoms with Crippen LogP contribution < -0.4 is 19.7 Å². The van der Waals surface area contributed by atoms with Gasteiger partial charge in [-0.05, 0) is 42.7 Å². The molecule has 14 heteroatoms. The zero-order valence-electron chi connectivity index (χ0n) is 21.4. The molecule has 4 aromatic rings. The molecule has 1 fully saturated rings. The second kappa shape index (κ2) is 10.1. The van der Waals surface area contributed by atoms with Crippen LogP contribution in [0.1, 0.15) is 29.2 Å². The first kappa shape index (κ1) is 27.1. The molecule has 1 unspecified atom stereocenters. The number of alkyl halides is 5. The van der Waals surface area contributed by atoms with Gasteiger partial charge in [-0.3, -0.25) is 0 Å². The van der Waals surface area contributed by atoms with Crippen LogP contribution in [0.2, 0.25) is 5.15 Å². The van der Waals surface area contributed by atoms with E-state index in [-0.39, 0.29) is 17.6 Å². The second-order valence-electron chi connectivity index (χ2n) is 9.77. The van der Waals surface area contributed by atoms with Gasteiger partial charge in [-0.2, -0.15) is 4.98 Å². The third kappa shape index (κ3) is 5.58. The van der Waals surface area contributed by atoms with E-state index in [1.807, 2.05) is 0 Å². The Bertz CT molecular complexity index is 1590. The Morgan fingerprint density at radius 1 is 1.07 bits per heavy atom. The number of ether oxygens (including phenoxy) is 2. The van der Waals surface area contributed by atoms with Gasteiger partial charge >= 0.3 is 6.36 Å². The fraction of sp³-hybridized carbons (Fsp3) is 0.296. The largest absolute Gasteiger partial charge is 0.573 e. The third-order valence-electron chi connectivity index (χ3n) is 6.96. The average molecular weight is 593 g/mol. The predicted octanol–water partition coefficient (Wildman–Crippen LogP) is 6.50. The maximum Gasteiger partial charge on any atom is 0.573 e. The number of imidazole rings is 1. The van der Waals surface area contributed by atoms with Crippen LogP contribution in [0.5, 0.6) is 11.5 Å². The van der Waals surface area contributed by atoms with E-state index in [9.17, 15) is 22.0 Å². The fourth-order valence-corrected chi connectivity index (χ4v) is 5.33. The van der Waals surface area contributed by atoms with Crippen LogP contribution in [-0.2, 0) is 6.42 Å². The quantitative estimate of drug-likeness (QED) is 0.246. The van der Waals surface area contributed by atoms with Gasteiger partial charge in [0.25, 0.3) is 5.92 Å². The average Bonchev–Trinajstić information content (AvgIpc) is 3.52. The molecule has 0 bridgehead atoms. The molecule has 2 aromatic carbocycles. The van der Waals surface area contributed by atoms with Crippen molar-refractivity contribution in [3.05, 3.63) is 77.0 Å². The minimum atomic E-state index is -4.80. The first-order valence-corrected chi connectivity index (χ1v) is 12.9. The van der Waals surface area contributed by atoms with Crippen LogP contribution >= 0.6 is 11.6 Å². The third-order valence-corrected chi connectivity index (χ3v) is 7.15. The van der Waals surface area contributed by atoms with Crippen LogP contribution in [0.25, 0.3) is 5.69 Å². The summed E-state index contributed by atoms with van der Waals surface area (Å²) in [6.07, 6.45) is -0.480. The number of halogens is 6. The monoisotopic (exact) mass is 592 g/mol. The Labute approximate surface area is 235 Å². The summed E-state index contributed by atoms with van der Waals surface area (Å²) < 4.78 is 76.7. The molecule has 1 atom stereocenters. The molecule has 41 heavy (non-hydrogen) atoms. The van der Waals surface area contributed by atoms with Gasteiger partial charge in [0.05, 0.1) is 31.6 Å². The number of hydrogen-bond acceptors (Lipinski definition) is 7. The first-order valence-electron chi connectivity index (χ1n) is 12.5. The summed E-state index contributed by atoms with van der Waals surface area (Å²) in [4.78, 5) is 14.9. The molecular weight excluding hydrogens is 571 g/mol. The molecule has 6 rings (SSSR count). The summed E-state index contributed by atoms with van der Waals surface area (Å²) in [6, 6.07) is 10.9. The van der Waals surface area contributed by atoms with Gasteiger partial charge in [-0.1, -0.05) is 23.7 Å². The molecule has 0 spiro atoms.